The van der Waals surface area contributed by atoms with E-state index in [0.29, 0.717) is 13.0 Å². The maximum Gasteiger partial charge on any atom is 0.307 e. The predicted octanol–water partition coefficient (Wildman–Crippen LogP) is 2.21. The van der Waals surface area contributed by atoms with Crippen LogP contribution in [0.1, 0.15) is 18.9 Å². The van der Waals surface area contributed by atoms with E-state index in [1.165, 1.54) is 19.2 Å². The van der Waals surface area contributed by atoms with Crippen molar-refractivity contribution >= 4 is 5.97 Å². The van der Waals surface area contributed by atoms with Crippen LogP contribution in [0.5, 0.6) is 0 Å². The van der Waals surface area contributed by atoms with Crippen LogP contribution < -0.4 is 0 Å². The first-order valence-corrected chi connectivity index (χ1v) is 5.54. The van der Waals surface area contributed by atoms with E-state index in [2.05, 4.69) is 4.74 Å². The molecule has 0 fully saturated rings. The summed E-state index contributed by atoms with van der Waals surface area (Å²) in [6.07, 6.45) is 0.336. The zero-order valence-electron chi connectivity index (χ0n) is 10.4. The molecule has 4 heteroatoms. The molecule has 0 amide bonds. The minimum absolute atomic E-state index is 0.0608. The van der Waals surface area contributed by atoms with Gasteiger partial charge in [0.25, 0.3) is 0 Å². The molecule has 0 heterocycles. The Kier molecular flexibility index (Phi) is 5.10. The molecule has 1 rings (SSSR count). The third kappa shape index (κ3) is 4.53. The third-order valence-corrected chi connectivity index (χ3v) is 2.76. The summed E-state index contributed by atoms with van der Waals surface area (Å²) in [5.41, 5.74) is 0.893. The van der Waals surface area contributed by atoms with Crippen LogP contribution in [0.3, 0.4) is 0 Å². The van der Waals surface area contributed by atoms with E-state index in [0.717, 1.165) is 5.56 Å². The standard InChI is InChI=1S/C13H18FNO2/c1-10(7-13(16)17-3)15(2)9-11-5-4-6-12(14)8-11/h4-6,8,10H,7,9H2,1-3H3. The van der Waals surface area contributed by atoms with Crippen LogP contribution in [0.15, 0.2) is 24.3 Å². The molecule has 94 valence electrons. The van der Waals surface area contributed by atoms with Crippen LogP contribution in [-0.2, 0) is 16.1 Å². The van der Waals surface area contributed by atoms with Gasteiger partial charge in [-0.15, -0.1) is 0 Å². The lowest BCUT2D eigenvalue weighted by molar-refractivity contribution is -0.141. The lowest BCUT2D eigenvalue weighted by atomic mass is 10.1. The van der Waals surface area contributed by atoms with Crippen molar-refractivity contribution in [3.05, 3.63) is 35.6 Å². The van der Waals surface area contributed by atoms with Crippen LogP contribution in [-0.4, -0.2) is 31.1 Å². The Bertz CT molecular complexity index is 381. The molecule has 1 atom stereocenters. The molecule has 0 bridgehead atoms. The van der Waals surface area contributed by atoms with Gasteiger partial charge in [-0.3, -0.25) is 9.69 Å². The first kappa shape index (κ1) is 13.6. The van der Waals surface area contributed by atoms with Crippen molar-refractivity contribution < 1.29 is 13.9 Å². The minimum atomic E-state index is -0.239. The number of carbonyl (C=O) groups is 1. The summed E-state index contributed by atoms with van der Waals surface area (Å²) in [6.45, 7) is 2.55. The smallest absolute Gasteiger partial charge is 0.307 e. The number of methoxy groups -OCH3 is 1. The van der Waals surface area contributed by atoms with Crippen molar-refractivity contribution in [3.63, 3.8) is 0 Å². The van der Waals surface area contributed by atoms with Gasteiger partial charge in [0.15, 0.2) is 0 Å². The number of nitrogens with zero attached hydrogens (tertiary/aromatic N) is 1. The minimum Gasteiger partial charge on any atom is -0.469 e. The highest BCUT2D eigenvalue weighted by molar-refractivity contribution is 5.69. The molecule has 3 nitrogen and oxygen atoms in total. The van der Waals surface area contributed by atoms with Gasteiger partial charge in [0.05, 0.1) is 13.5 Å². The largest absolute Gasteiger partial charge is 0.469 e. The van der Waals surface area contributed by atoms with E-state index in [1.807, 2.05) is 24.9 Å². The first-order chi connectivity index (χ1) is 8.02. The maximum atomic E-state index is 13.0. The number of benzene rings is 1. The molecule has 0 aliphatic carbocycles. The van der Waals surface area contributed by atoms with Crippen LogP contribution >= 0.6 is 0 Å². The zero-order chi connectivity index (χ0) is 12.8. The van der Waals surface area contributed by atoms with Gasteiger partial charge in [-0.1, -0.05) is 12.1 Å². The van der Waals surface area contributed by atoms with Gasteiger partial charge in [0, 0.05) is 12.6 Å². The van der Waals surface area contributed by atoms with E-state index < -0.39 is 0 Å². The average molecular weight is 239 g/mol. The molecule has 0 aliphatic heterocycles. The van der Waals surface area contributed by atoms with Crippen molar-refractivity contribution in [1.29, 1.82) is 0 Å². The van der Waals surface area contributed by atoms with E-state index in [9.17, 15) is 9.18 Å². The topological polar surface area (TPSA) is 29.5 Å². The number of carbonyl (C=O) groups excluding carboxylic acids is 1. The Labute approximate surface area is 101 Å². The highest BCUT2D eigenvalue weighted by atomic mass is 19.1. The molecule has 0 aromatic heterocycles. The monoisotopic (exact) mass is 239 g/mol. The summed E-state index contributed by atoms with van der Waals surface area (Å²) in [6, 6.07) is 6.53. The second-order valence-corrected chi connectivity index (χ2v) is 4.17. The number of ether oxygens (including phenoxy) is 1. The number of rotatable bonds is 5. The predicted molar refractivity (Wildman–Crippen MR) is 64.0 cm³/mol. The van der Waals surface area contributed by atoms with Gasteiger partial charge in [-0.05, 0) is 31.7 Å². The Morgan fingerprint density at radius 3 is 2.82 bits per heavy atom. The molecule has 0 N–H and O–H groups in total. The SMILES string of the molecule is COC(=O)CC(C)N(C)Cc1cccc(F)c1. The highest BCUT2D eigenvalue weighted by Gasteiger charge is 2.14. The maximum absolute atomic E-state index is 13.0. The van der Waals surface area contributed by atoms with E-state index >= 15 is 0 Å². The first-order valence-electron chi connectivity index (χ1n) is 5.54. The van der Waals surface area contributed by atoms with Gasteiger partial charge in [-0.2, -0.15) is 0 Å². The summed E-state index contributed by atoms with van der Waals surface area (Å²) in [4.78, 5) is 13.1. The third-order valence-electron chi connectivity index (χ3n) is 2.76. The number of halogens is 1. The average Bonchev–Trinajstić information content (AvgIpc) is 2.28. The molecular formula is C13H18FNO2. The quantitative estimate of drug-likeness (QED) is 0.738. The molecule has 1 aromatic rings. The molecule has 17 heavy (non-hydrogen) atoms. The van der Waals surface area contributed by atoms with Crippen LogP contribution in [0.4, 0.5) is 4.39 Å². The van der Waals surface area contributed by atoms with Crippen molar-refractivity contribution in [1.82, 2.24) is 4.90 Å². The normalized spacial score (nSPS) is 12.5. The summed E-state index contributed by atoms with van der Waals surface area (Å²) < 4.78 is 17.6. The Morgan fingerprint density at radius 2 is 2.24 bits per heavy atom. The van der Waals surface area contributed by atoms with Gasteiger partial charge in [0.2, 0.25) is 0 Å². The van der Waals surface area contributed by atoms with E-state index in [4.69, 9.17) is 0 Å². The summed E-state index contributed by atoms with van der Waals surface area (Å²) in [5.74, 6) is -0.472. The van der Waals surface area contributed by atoms with Gasteiger partial charge < -0.3 is 4.74 Å². The van der Waals surface area contributed by atoms with Crippen LogP contribution in [0.25, 0.3) is 0 Å². The molecule has 0 spiro atoms. The number of hydrogen-bond donors (Lipinski definition) is 0. The van der Waals surface area contributed by atoms with E-state index in [-0.39, 0.29) is 17.8 Å². The molecule has 0 aliphatic rings. The summed E-state index contributed by atoms with van der Waals surface area (Å²) >= 11 is 0. The van der Waals surface area contributed by atoms with Crippen molar-refractivity contribution in [2.24, 2.45) is 0 Å². The number of esters is 1. The second kappa shape index (κ2) is 6.35. The fourth-order valence-corrected chi connectivity index (χ4v) is 1.56. The molecule has 1 unspecified atom stereocenters. The highest BCUT2D eigenvalue weighted by Crippen LogP contribution is 2.10. The van der Waals surface area contributed by atoms with Gasteiger partial charge in [-0.25, -0.2) is 4.39 Å². The Balaban J connectivity index is 2.53. The molecule has 0 saturated carbocycles. The van der Waals surface area contributed by atoms with Gasteiger partial charge >= 0.3 is 5.97 Å². The molecular weight excluding hydrogens is 221 g/mol. The van der Waals surface area contributed by atoms with Crippen LogP contribution in [0.2, 0.25) is 0 Å². The second-order valence-electron chi connectivity index (χ2n) is 4.17. The fourth-order valence-electron chi connectivity index (χ4n) is 1.56. The number of hydrogen-bond acceptors (Lipinski definition) is 3. The van der Waals surface area contributed by atoms with Crippen LogP contribution in [0, 0.1) is 5.82 Å². The van der Waals surface area contributed by atoms with Gasteiger partial charge in [0.1, 0.15) is 5.82 Å². The summed E-state index contributed by atoms with van der Waals surface area (Å²) in [5, 5.41) is 0. The summed E-state index contributed by atoms with van der Waals surface area (Å²) in [7, 11) is 3.28. The molecule has 1 aromatic carbocycles. The lowest BCUT2D eigenvalue weighted by Gasteiger charge is -2.23. The lowest BCUT2D eigenvalue weighted by Crippen LogP contribution is -2.31. The molecule has 0 saturated heterocycles. The Hall–Kier alpha value is -1.42. The zero-order valence-corrected chi connectivity index (χ0v) is 10.4. The van der Waals surface area contributed by atoms with E-state index in [1.54, 1.807) is 6.07 Å². The molecule has 0 radical (unpaired) electrons. The van der Waals surface area contributed by atoms with Crippen molar-refractivity contribution in [2.45, 2.75) is 25.9 Å². The Morgan fingerprint density at radius 1 is 1.53 bits per heavy atom. The van der Waals surface area contributed by atoms with Crippen molar-refractivity contribution in [3.8, 4) is 0 Å². The fraction of sp³-hybridized carbons (Fsp3) is 0.462. The van der Waals surface area contributed by atoms with Crippen molar-refractivity contribution in [2.75, 3.05) is 14.2 Å².